The van der Waals surface area contributed by atoms with Gasteiger partial charge in [-0.15, -0.1) is 0 Å². The molecule has 7 heteroatoms. The topological polar surface area (TPSA) is 90.1 Å². The van der Waals surface area contributed by atoms with Gasteiger partial charge < -0.3 is 20.0 Å². The van der Waals surface area contributed by atoms with Crippen LogP contribution in [-0.4, -0.2) is 26.9 Å². The summed E-state index contributed by atoms with van der Waals surface area (Å²) >= 11 is 0. The van der Waals surface area contributed by atoms with Gasteiger partial charge in [0.05, 0.1) is 0 Å². The third-order valence-corrected chi connectivity index (χ3v) is 3.15. The van der Waals surface area contributed by atoms with E-state index in [1.54, 1.807) is 4.57 Å². The second-order valence-electron chi connectivity index (χ2n) is 4.46. The number of aryl methyl sites for hydroxylation is 1. The van der Waals surface area contributed by atoms with Crippen LogP contribution in [0, 0.1) is 16.0 Å². The normalized spacial score (nSPS) is 10.7. The minimum atomic E-state index is -0.552. The van der Waals surface area contributed by atoms with Crippen LogP contribution in [0.1, 0.15) is 33.1 Å². The molecule has 19 heavy (non-hydrogen) atoms. The van der Waals surface area contributed by atoms with Gasteiger partial charge in [0.25, 0.3) is 0 Å². The Balaban J connectivity index is 2.31. The first-order chi connectivity index (χ1) is 9.06. The summed E-state index contributed by atoms with van der Waals surface area (Å²) in [6.07, 6.45) is 5.09. The van der Waals surface area contributed by atoms with Crippen LogP contribution >= 0.6 is 0 Å². The second-order valence-corrected chi connectivity index (χ2v) is 4.46. The van der Waals surface area contributed by atoms with Crippen molar-refractivity contribution in [3.8, 4) is 0 Å². The fourth-order valence-corrected chi connectivity index (χ4v) is 1.72. The quantitative estimate of drug-likeness (QED) is 0.574. The molecule has 1 aromatic heterocycles. The number of nitro groups is 1. The maximum Gasteiger partial charge on any atom is 0.381 e. The number of amides is 1. The molecule has 0 bridgehead atoms. The molecule has 0 aliphatic carbocycles. The lowest BCUT2D eigenvalue weighted by atomic mass is 10.0. The van der Waals surface area contributed by atoms with Crippen LogP contribution in [-0.2, 0) is 11.3 Å². The molecule has 1 aromatic rings. The predicted molar refractivity (Wildman–Crippen MR) is 70.6 cm³/mol. The van der Waals surface area contributed by atoms with Crippen molar-refractivity contribution < 1.29 is 9.72 Å². The number of carbonyl (C=O) groups is 1. The van der Waals surface area contributed by atoms with Crippen molar-refractivity contribution in [2.45, 2.75) is 39.7 Å². The molecule has 7 nitrogen and oxygen atoms in total. The Morgan fingerprint density at radius 1 is 1.53 bits per heavy atom. The van der Waals surface area contributed by atoms with Crippen molar-refractivity contribution in [1.82, 2.24) is 14.9 Å². The Morgan fingerprint density at radius 3 is 2.74 bits per heavy atom. The summed E-state index contributed by atoms with van der Waals surface area (Å²) in [6.45, 7) is 5.29. The van der Waals surface area contributed by atoms with E-state index in [2.05, 4.69) is 24.1 Å². The van der Waals surface area contributed by atoms with E-state index in [0.717, 1.165) is 12.8 Å². The molecular formula is C12H20N4O3. The lowest BCUT2D eigenvalue weighted by molar-refractivity contribution is -0.389. The molecule has 0 aliphatic heterocycles. The van der Waals surface area contributed by atoms with Crippen LogP contribution in [0.5, 0.6) is 0 Å². The van der Waals surface area contributed by atoms with Crippen molar-refractivity contribution in [3.05, 3.63) is 22.6 Å². The van der Waals surface area contributed by atoms with E-state index in [4.69, 9.17) is 0 Å². The van der Waals surface area contributed by atoms with E-state index in [1.807, 2.05) is 0 Å². The summed E-state index contributed by atoms with van der Waals surface area (Å²) in [6, 6.07) is 0. The molecule has 1 heterocycles. The van der Waals surface area contributed by atoms with Crippen LogP contribution in [0.25, 0.3) is 0 Å². The van der Waals surface area contributed by atoms with E-state index in [-0.39, 0.29) is 11.7 Å². The molecule has 0 aliphatic rings. The van der Waals surface area contributed by atoms with Crippen molar-refractivity contribution in [3.63, 3.8) is 0 Å². The highest BCUT2D eigenvalue weighted by atomic mass is 16.6. The van der Waals surface area contributed by atoms with E-state index in [9.17, 15) is 14.9 Å². The number of nitrogens with one attached hydrogen (secondary N) is 1. The number of hydrogen-bond donors (Lipinski definition) is 1. The van der Waals surface area contributed by atoms with E-state index in [1.165, 1.54) is 12.5 Å². The van der Waals surface area contributed by atoms with Gasteiger partial charge in [-0.2, -0.15) is 0 Å². The lowest BCUT2D eigenvalue weighted by Gasteiger charge is -2.13. The Hall–Kier alpha value is -1.92. The van der Waals surface area contributed by atoms with E-state index in [0.29, 0.717) is 25.4 Å². The summed E-state index contributed by atoms with van der Waals surface area (Å²) in [5, 5.41) is 13.3. The fraction of sp³-hybridized carbons (Fsp3) is 0.667. The molecule has 0 saturated heterocycles. The molecule has 0 saturated carbocycles. The lowest BCUT2D eigenvalue weighted by Crippen LogP contribution is -2.29. The molecule has 0 fully saturated rings. The van der Waals surface area contributed by atoms with Crippen LogP contribution in [0.2, 0.25) is 0 Å². The number of carbonyl (C=O) groups excluding carboxylic acids is 1. The molecule has 0 atom stereocenters. The molecule has 1 amide bonds. The van der Waals surface area contributed by atoms with Gasteiger partial charge in [-0.25, -0.2) is 0 Å². The van der Waals surface area contributed by atoms with Crippen molar-refractivity contribution in [2.24, 2.45) is 5.92 Å². The summed E-state index contributed by atoms with van der Waals surface area (Å²) < 4.78 is 1.55. The first-order valence-corrected chi connectivity index (χ1v) is 6.49. The fourth-order valence-electron chi connectivity index (χ4n) is 1.72. The third-order valence-electron chi connectivity index (χ3n) is 3.15. The second kappa shape index (κ2) is 7.50. The molecule has 0 spiro atoms. The van der Waals surface area contributed by atoms with Gasteiger partial charge in [-0.05, 0) is 15.8 Å². The summed E-state index contributed by atoms with van der Waals surface area (Å²) in [5.41, 5.74) is 0. The SMILES string of the molecule is CCC(CC)CNC(=O)CCn1cnc([N+](=O)[O-])c1. The maximum absolute atomic E-state index is 11.6. The molecular weight excluding hydrogens is 248 g/mol. The predicted octanol–water partition coefficient (Wildman–Crippen LogP) is 1.73. The Bertz CT molecular complexity index is 426. The van der Waals surface area contributed by atoms with Crippen LogP contribution in [0.15, 0.2) is 12.5 Å². The molecule has 0 unspecified atom stereocenters. The van der Waals surface area contributed by atoms with Crippen LogP contribution in [0.3, 0.4) is 0 Å². The average molecular weight is 268 g/mol. The standard InChI is InChI=1S/C12H20N4O3/c1-3-10(4-2)7-13-12(17)5-6-15-8-11(14-9-15)16(18)19/h8-10H,3-7H2,1-2H3,(H,13,17). The maximum atomic E-state index is 11.6. The number of hydrogen-bond acceptors (Lipinski definition) is 4. The number of aromatic nitrogens is 2. The number of imidazole rings is 1. The van der Waals surface area contributed by atoms with Gasteiger partial charge in [0.1, 0.15) is 6.20 Å². The van der Waals surface area contributed by atoms with Crippen molar-refractivity contribution in [2.75, 3.05) is 6.54 Å². The zero-order valence-electron chi connectivity index (χ0n) is 11.3. The first kappa shape index (κ1) is 15.1. The summed E-state index contributed by atoms with van der Waals surface area (Å²) in [4.78, 5) is 25.1. The highest BCUT2D eigenvalue weighted by Crippen LogP contribution is 2.07. The highest BCUT2D eigenvalue weighted by Gasteiger charge is 2.11. The van der Waals surface area contributed by atoms with Gasteiger partial charge in [-0.1, -0.05) is 26.7 Å². The van der Waals surface area contributed by atoms with Crippen molar-refractivity contribution >= 4 is 11.7 Å². The van der Waals surface area contributed by atoms with Gasteiger partial charge >= 0.3 is 5.82 Å². The minimum Gasteiger partial charge on any atom is -0.358 e. The monoisotopic (exact) mass is 268 g/mol. The van der Waals surface area contributed by atoms with Crippen molar-refractivity contribution in [1.29, 1.82) is 0 Å². The molecule has 1 rings (SSSR count). The zero-order chi connectivity index (χ0) is 14.3. The number of rotatable bonds is 8. The minimum absolute atomic E-state index is 0.0387. The molecule has 1 N–H and O–H groups in total. The molecule has 0 aromatic carbocycles. The van der Waals surface area contributed by atoms with Gasteiger partial charge in [0.2, 0.25) is 12.2 Å². The smallest absolute Gasteiger partial charge is 0.358 e. The Kier molecular flexibility index (Phi) is 5.98. The first-order valence-electron chi connectivity index (χ1n) is 6.49. The van der Waals surface area contributed by atoms with Gasteiger partial charge in [0, 0.05) is 19.5 Å². The number of nitrogens with zero attached hydrogens (tertiary/aromatic N) is 3. The van der Waals surface area contributed by atoms with Crippen LogP contribution in [0.4, 0.5) is 5.82 Å². The largest absolute Gasteiger partial charge is 0.381 e. The summed E-state index contributed by atoms with van der Waals surface area (Å²) in [7, 11) is 0. The molecule has 106 valence electrons. The zero-order valence-corrected chi connectivity index (χ0v) is 11.3. The van der Waals surface area contributed by atoms with Gasteiger partial charge in [-0.3, -0.25) is 4.79 Å². The van der Waals surface area contributed by atoms with Gasteiger partial charge in [0.15, 0.2) is 0 Å². The Morgan fingerprint density at radius 2 is 2.21 bits per heavy atom. The molecule has 0 radical (unpaired) electrons. The van der Waals surface area contributed by atoms with Crippen LogP contribution < -0.4 is 5.32 Å². The average Bonchev–Trinajstić information content (AvgIpc) is 2.86. The highest BCUT2D eigenvalue weighted by molar-refractivity contribution is 5.75. The van der Waals surface area contributed by atoms with E-state index < -0.39 is 4.92 Å². The summed E-state index contributed by atoms with van der Waals surface area (Å²) in [5.74, 6) is 0.277. The third kappa shape index (κ3) is 5.07. The van der Waals surface area contributed by atoms with E-state index >= 15 is 0 Å². The Labute approximate surface area is 112 Å².